The molecule has 0 bridgehead atoms. The smallest absolute Gasteiger partial charge is 0.160 e. The van der Waals surface area contributed by atoms with Gasteiger partial charge < -0.3 is 0 Å². The minimum absolute atomic E-state index is 0.728. The van der Waals surface area contributed by atoms with E-state index in [1.165, 1.54) is 27.8 Å². The molecule has 0 unspecified atom stereocenters. The topological polar surface area (TPSA) is 25.8 Å². The molecule has 0 aliphatic carbocycles. The van der Waals surface area contributed by atoms with Crippen LogP contribution in [0.25, 0.3) is 56.2 Å². The summed E-state index contributed by atoms with van der Waals surface area (Å²) >= 11 is 0. The maximum Gasteiger partial charge on any atom is 0.160 e. The van der Waals surface area contributed by atoms with Crippen molar-refractivity contribution < 1.29 is 0 Å². The summed E-state index contributed by atoms with van der Waals surface area (Å²) in [5.41, 5.74) is 11.0. The van der Waals surface area contributed by atoms with E-state index in [2.05, 4.69) is 134 Å². The van der Waals surface area contributed by atoms with E-state index in [-0.39, 0.29) is 0 Å². The Hall–Kier alpha value is -4.82. The quantitative estimate of drug-likeness (QED) is 0.249. The minimum Gasteiger partial charge on any atom is -0.228 e. The van der Waals surface area contributed by atoms with Crippen LogP contribution in [-0.2, 0) is 0 Å². The van der Waals surface area contributed by atoms with Crippen molar-refractivity contribution in [1.29, 1.82) is 0 Å². The molecule has 0 N–H and O–H groups in total. The number of nitrogens with zero attached hydrogens (tertiary/aromatic N) is 2. The molecule has 0 saturated heterocycles. The van der Waals surface area contributed by atoms with E-state index >= 15 is 0 Å². The predicted octanol–water partition coefficient (Wildman–Crippen LogP) is 9.12. The van der Waals surface area contributed by atoms with E-state index in [1.54, 1.807) is 0 Å². The summed E-state index contributed by atoms with van der Waals surface area (Å²) in [7, 11) is 0. The highest BCUT2D eigenvalue weighted by Gasteiger charge is 2.11. The molecule has 0 aliphatic rings. The van der Waals surface area contributed by atoms with Gasteiger partial charge in [-0.15, -0.1) is 0 Å². The molecule has 6 aromatic rings. The zero-order valence-electron chi connectivity index (χ0n) is 20.7. The standard InChI is InChI=1S/C35H26N2/c1-25-12-14-32(15-13-25)35-36-33(30-20-16-28(17-21-30)26-8-4-2-5-9-26)24-34(37-35)31-22-18-29(19-23-31)27-10-6-3-7-11-27/h2-24H,1H3. The van der Waals surface area contributed by atoms with Gasteiger partial charge in [0, 0.05) is 16.7 Å². The number of hydrogen-bond donors (Lipinski definition) is 0. The molecular weight excluding hydrogens is 448 g/mol. The van der Waals surface area contributed by atoms with Crippen LogP contribution in [-0.4, -0.2) is 9.97 Å². The van der Waals surface area contributed by atoms with Gasteiger partial charge in [-0.3, -0.25) is 0 Å². The molecule has 37 heavy (non-hydrogen) atoms. The van der Waals surface area contributed by atoms with Crippen LogP contribution in [0.2, 0.25) is 0 Å². The highest BCUT2D eigenvalue weighted by atomic mass is 14.9. The molecule has 0 radical (unpaired) electrons. The fourth-order valence-electron chi connectivity index (χ4n) is 4.50. The number of benzene rings is 5. The van der Waals surface area contributed by atoms with Crippen molar-refractivity contribution in [3.8, 4) is 56.2 Å². The van der Waals surface area contributed by atoms with Crippen molar-refractivity contribution in [2.75, 3.05) is 0 Å². The van der Waals surface area contributed by atoms with Crippen LogP contribution in [0.3, 0.4) is 0 Å². The lowest BCUT2D eigenvalue weighted by molar-refractivity contribution is 1.18. The fraction of sp³-hybridized carbons (Fsp3) is 0.0286. The van der Waals surface area contributed by atoms with Gasteiger partial charge in [0.15, 0.2) is 5.82 Å². The molecule has 5 aromatic carbocycles. The second-order valence-electron chi connectivity index (χ2n) is 9.21. The average Bonchev–Trinajstić information content (AvgIpc) is 2.98. The van der Waals surface area contributed by atoms with Crippen molar-refractivity contribution >= 4 is 0 Å². The third-order valence-electron chi connectivity index (χ3n) is 6.61. The molecule has 6 rings (SSSR count). The summed E-state index contributed by atoms with van der Waals surface area (Å²) in [5.74, 6) is 0.728. The Morgan fingerprint density at radius 2 is 0.703 bits per heavy atom. The highest BCUT2D eigenvalue weighted by Crippen LogP contribution is 2.30. The van der Waals surface area contributed by atoms with Gasteiger partial charge in [0.1, 0.15) is 0 Å². The van der Waals surface area contributed by atoms with Crippen molar-refractivity contribution in [1.82, 2.24) is 9.97 Å². The molecule has 0 spiro atoms. The summed E-state index contributed by atoms with van der Waals surface area (Å²) in [4.78, 5) is 9.97. The molecule has 0 amide bonds. The molecule has 0 fully saturated rings. The highest BCUT2D eigenvalue weighted by molar-refractivity contribution is 5.75. The Balaban J connectivity index is 1.42. The van der Waals surface area contributed by atoms with Crippen LogP contribution in [0, 0.1) is 6.92 Å². The van der Waals surface area contributed by atoms with Gasteiger partial charge in [0.2, 0.25) is 0 Å². The molecule has 1 heterocycles. The summed E-state index contributed by atoms with van der Waals surface area (Å²) in [6.07, 6.45) is 0. The first-order valence-corrected chi connectivity index (χ1v) is 12.5. The van der Waals surface area contributed by atoms with Crippen LogP contribution < -0.4 is 0 Å². The first-order chi connectivity index (χ1) is 18.2. The maximum absolute atomic E-state index is 4.99. The van der Waals surface area contributed by atoms with E-state index in [0.29, 0.717) is 0 Å². The second kappa shape index (κ2) is 10.0. The summed E-state index contributed by atoms with van der Waals surface area (Å²) in [6, 6.07) is 48.6. The number of aryl methyl sites for hydroxylation is 1. The monoisotopic (exact) mass is 474 g/mol. The molecule has 0 saturated carbocycles. The van der Waals surface area contributed by atoms with Crippen molar-refractivity contribution in [2.45, 2.75) is 6.92 Å². The number of hydrogen-bond acceptors (Lipinski definition) is 2. The summed E-state index contributed by atoms with van der Waals surface area (Å²) < 4.78 is 0. The van der Waals surface area contributed by atoms with Crippen LogP contribution in [0.15, 0.2) is 140 Å². The molecule has 0 atom stereocenters. The molecule has 2 nitrogen and oxygen atoms in total. The number of aromatic nitrogens is 2. The van der Waals surface area contributed by atoms with Gasteiger partial charge in [-0.2, -0.15) is 0 Å². The summed E-state index contributed by atoms with van der Waals surface area (Å²) in [5, 5.41) is 0. The second-order valence-corrected chi connectivity index (χ2v) is 9.21. The van der Waals surface area contributed by atoms with Crippen molar-refractivity contribution in [2.24, 2.45) is 0 Å². The van der Waals surface area contributed by atoms with E-state index in [4.69, 9.17) is 9.97 Å². The lowest BCUT2D eigenvalue weighted by atomic mass is 10.0. The van der Waals surface area contributed by atoms with Gasteiger partial charge in [-0.1, -0.05) is 139 Å². The molecule has 2 heteroatoms. The fourth-order valence-corrected chi connectivity index (χ4v) is 4.50. The van der Waals surface area contributed by atoms with Gasteiger partial charge >= 0.3 is 0 Å². The SMILES string of the molecule is Cc1ccc(-c2nc(-c3ccc(-c4ccccc4)cc3)cc(-c3ccc(-c4ccccc4)cc3)n2)cc1. The normalized spacial score (nSPS) is 10.8. The first-order valence-electron chi connectivity index (χ1n) is 12.5. The van der Waals surface area contributed by atoms with Crippen LogP contribution in [0.5, 0.6) is 0 Å². The van der Waals surface area contributed by atoms with E-state index in [9.17, 15) is 0 Å². The lowest BCUT2D eigenvalue weighted by Gasteiger charge is -2.11. The van der Waals surface area contributed by atoms with Gasteiger partial charge in [-0.25, -0.2) is 9.97 Å². The Bertz CT molecular complexity index is 1520. The Labute approximate surface area is 218 Å². The summed E-state index contributed by atoms with van der Waals surface area (Å²) in [6.45, 7) is 2.09. The van der Waals surface area contributed by atoms with Gasteiger partial charge in [-0.05, 0) is 35.2 Å². The molecular formula is C35H26N2. The third-order valence-corrected chi connectivity index (χ3v) is 6.61. The van der Waals surface area contributed by atoms with E-state index < -0.39 is 0 Å². The van der Waals surface area contributed by atoms with Crippen LogP contribution >= 0.6 is 0 Å². The van der Waals surface area contributed by atoms with Crippen molar-refractivity contribution in [3.05, 3.63) is 145 Å². The number of rotatable bonds is 5. The van der Waals surface area contributed by atoms with Gasteiger partial charge in [0.05, 0.1) is 11.4 Å². The Morgan fingerprint density at radius 3 is 1.14 bits per heavy atom. The largest absolute Gasteiger partial charge is 0.228 e. The average molecular weight is 475 g/mol. The maximum atomic E-state index is 4.99. The Morgan fingerprint density at radius 1 is 0.351 bits per heavy atom. The Kier molecular flexibility index (Phi) is 6.14. The van der Waals surface area contributed by atoms with Crippen molar-refractivity contribution in [3.63, 3.8) is 0 Å². The zero-order valence-corrected chi connectivity index (χ0v) is 20.7. The first kappa shape index (κ1) is 22.6. The third kappa shape index (κ3) is 4.96. The minimum atomic E-state index is 0.728. The molecule has 0 aliphatic heterocycles. The molecule has 176 valence electrons. The zero-order chi connectivity index (χ0) is 25.0. The van der Waals surface area contributed by atoms with E-state index in [0.717, 1.165) is 33.9 Å². The van der Waals surface area contributed by atoms with Crippen LogP contribution in [0.4, 0.5) is 0 Å². The lowest BCUT2D eigenvalue weighted by Crippen LogP contribution is -1.96. The van der Waals surface area contributed by atoms with Crippen LogP contribution in [0.1, 0.15) is 5.56 Å². The van der Waals surface area contributed by atoms with E-state index in [1.807, 2.05) is 12.1 Å². The van der Waals surface area contributed by atoms with Gasteiger partial charge in [0.25, 0.3) is 0 Å². The molecule has 1 aromatic heterocycles. The predicted molar refractivity (Wildman–Crippen MR) is 154 cm³/mol.